The normalized spacial score (nSPS) is 23.5. The van der Waals surface area contributed by atoms with E-state index in [2.05, 4.69) is 21.3 Å². The molecule has 1 saturated carbocycles. The number of nitrogens with zero attached hydrogens (tertiary/aromatic N) is 2. The number of carbonyl (C=O) groups is 1. The molecule has 4 nitrogen and oxygen atoms in total. The molecule has 1 aromatic heterocycles. The summed E-state index contributed by atoms with van der Waals surface area (Å²) in [6.45, 7) is 2.20. The van der Waals surface area contributed by atoms with E-state index in [1.54, 1.807) is 0 Å². The van der Waals surface area contributed by atoms with E-state index in [0.717, 1.165) is 25.2 Å². The van der Waals surface area contributed by atoms with Gasteiger partial charge >= 0.3 is 0 Å². The van der Waals surface area contributed by atoms with Crippen LogP contribution in [0.15, 0.2) is 12.3 Å². The average molecular weight is 275 g/mol. The fourth-order valence-corrected chi connectivity index (χ4v) is 3.46. The maximum absolute atomic E-state index is 12.0. The largest absolute Gasteiger partial charge is 0.316 e. The molecular formula is C16H25N3O. The zero-order chi connectivity index (χ0) is 13.8. The highest BCUT2D eigenvalue weighted by Crippen LogP contribution is 2.28. The van der Waals surface area contributed by atoms with Crippen LogP contribution in [0.1, 0.15) is 56.7 Å². The van der Waals surface area contributed by atoms with Gasteiger partial charge in [0.15, 0.2) is 0 Å². The second-order valence-corrected chi connectivity index (χ2v) is 6.34. The van der Waals surface area contributed by atoms with Gasteiger partial charge in [0, 0.05) is 12.6 Å². The molecule has 110 valence electrons. The number of Topliss-reactive ketones (excluding diaryl/α,β-unsaturated/α-hetero) is 1. The SMILES string of the molecule is O=C(CCC1CCNC1)Cc1ccn(C2CCCC2)n1. The molecule has 4 heteroatoms. The Hall–Kier alpha value is -1.16. The minimum Gasteiger partial charge on any atom is -0.316 e. The molecule has 0 bridgehead atoms. The highest BCUT2D eigenvalue weighted by atomic mass is 16.1. The van der Waals surface area contributed by atoms with Crippen molar-refractivity contribution in [2.24, 2.45) is 5.92 Å². The summed E-state index contributed by atoms with van der Waals surface area (Å²) in [4.78, 5) is 12.0. The highest BCUT2D eigenvalue weighted by Gasteiger charge is 2.19. The molecule has 1 unspecified atom stereocenters. The van der Waals surface area contributed by atoms with E-state index in [9.17, 15) is 4.79 Å². The van der Waals surface area contributed by atoms with E-state index < -0.39 is 0 Å². The molecule has 3 rings (SSSR count). The molecule has 2 heterocycles. The van der Waals surface area contributed by atoms with E-state index in [-0.39, 0.29) is 0 Å². The molecule has 0 aromatic carbocycles. The van der Waals surface area contributed by atoms with Gasteiger partial charge in [0.05, 0.1) is 18.2 Å². The fourth-order valence-electron chi connectivity index (χ4n) is 3.46. The molecule has 2 aliphatic rings. The Balaban J connectivity index is 1.45. The van der Waals surface area contributed by atoms with Crippen LogP contribution >= 0.6 is 0 Å². The summed E-state index contributed by atoms with van der Waals surface area (Å²) in [5.74, 6) is 1.04. The summed E-state index contributed by atoms with van der Waals surface area (Å²) in [5, 5.41) is 7.95. The van der Waals surface area contributed by atoms with Crippen LogP contribution in [-0.2, 0) is 11.2 Å². The first-order valence-corrected chi connectivity index (χ1v) is 8.08. The minimum atomic E-state index is 0.341. The molecule has 1 atom stereocenters. The maximum atomic E-state index is 12.0. The maximum Gasteiger partial charge on any atom is 0.138 e. The van der Waals surface area contributed by atoms with Crippen LogP contribution in [0.5, 0.6) is 0 Å². The van der Waals surface area contributed by atoms with Crippen LogP contribution in [0.25, 0.3) is 0 Å². The van der Waals surface area contributed by atoms with Gasteiger partial charge in [0.2, 0.25) is 0 Å². The Kier molecular flexibility index (Phi) is 4.51. The predicted molar refractivity (Wildman–Crippen MR) is 78.7 cm³/mol. The fraction of sp³-hybridized carbons (Fsp3) is 0.750. The zero-order valence-corrected chi connectivity index (χ0v) is 12.2. The number of hydrogen-bond acceptors (Lipinski definition) is 3. The van der Waals surface area contributed by atoms with E-state index >= 15 is 0 Å². The topological polar surface area (TPSA) is 46.9 Å². The number of aromatic nitrogens is 2. The van der Waals surface area contributed by atoms with Gasteiger partial charge in [-0.3, -0.25) is 9.48 Å². The number of ketones is 1. The van der Waals surface area contributed by atoms with Crippen LogP contribution in [0.2, 0.25) is 0 Å². The van der Waals surface area contributed by atoms with Gasteiger partial charge in [0.1, 0.15) is 5.78 Å². The Labute approximate surface area is 120 Å². The average Bonchev–Trinajstić information content (AvgIpc) is 3.18. The van der Waals surface area contributed by atoms with Crippen molar-refractivity contribution in [1.29, 1.82) is 0 Å². The molecular weight excluding hydrogens is 250 g/mol. The first-order valence-electron chi connectivity index (χ1n) is 8.08. The monoisotopic (exact) mass is 275 g/mol. The number of rotatable bonds is 6. The lowest BCUT2D eigenvalue weighted by Gasteiger charge is -2.09. The highest BCUT2D eigenvalue weighted by molar-refractivity contribution is 5.80. The quantitative estimate of drug-likeness (QED) is 0.867. The lowest BCUT2D eigenvalue weighted by molar-refractivity contribution is -0.118. The zero-order valence-electron chi connectivity index (χ0n) is 12.2. The first-order chi connectivity index (χ1) is 9.81. The summed E-state index contributed by atoms with van der Waals surface area (Å²) < 4.78 is 2.08. The van der Waals surface area contributed by atoms with Crippen molar-refractivity contribution in [3.8, 4) is 0 Å². The van der Waals surface area contributed by atoms with E-state index in [1.807, 2.05) is 6.07 Å². The standard InChI is InChI=1S/C16H25N3O/c20-16(6-5-13-7-9-17-12-13)11-14-8-10-19(18-14)15-3-1-2-4-15/h8,10,13,15,17H,1-7,9,11-12H2. The third kappa shape index (κ3) is 3.48. The molecule has 1 aliphatic carbocycles. The summed E-state index contributed by atoms with van der Waals surface area (Å²) in [6.07, 6.45) is 10.6. The third-order valence-corrected chi connectivity index (χ3v) is 4.73. The number of carbonyl (C=O) groups excluding carboxylic acids is 1. The predicted octanol–water partition coefficient (Wildman–Crippen LogP) is 2.50. The van der Waals surface area contributed by atoms with E-state index in [4.69, 9.17) is 0 Å². The van der Waals surface area contributed by atoms with E-state index in [0.29, 0.717) is 30.6 Å². The van der Waals surface area contributed by atoms with Gasteiger partial charge in [0.25, 0.3) is 0 Å². The Morgan fingerprint density at radius 3 is 2.95 bits per heavy atom. The van der Waals surface area contributed by atoms with Crippen LogP contribution in [0.3, 0.4) is 0 Å². The molecule has 2 fully saturated rings. The molecule has 1 N–H and O–H groups in total. The second-order valence-electron chi connectivity index (χ2n) is 6.34. The molecule has 0 amide bonds. The lowest BCUT2D eigenvalue weighted by Crippen LogP contribution is -2.12. The molecule has 1 saturated heterocycles. The Bertz CT molecular complexity index is 442. The van der Waals surface area contributed by atoms with Crippen molar-refractivity contribution in [3.63, 3.8) is 0 Å². The van der Waals surface area contributed by atoms with Gasteiger partial charge in [-0.1, -0.05) is 12.8 Å². The number of hydrogen-bond donors (Lipinski definition) is 1. The Morgan fingerprint density at radius 1 is 1.35 bits per heavy atom. The lowest BCUT2D eigenvalue weighted by atomic mass is 9.99. The van der Waals surface area contributed by atoms with Gasteiger partial charge in [-0.2, -0.15) is 5.10 Å². The van der Waals surface area contributed by atoms with Crippen LogP contribution in [0.4, 0.5) is 0 Å². The molecule has 1 aliphatic heterocycles. The van der Waals surface area contributed by atoms with Crippen molar-refractivity contribution < 1.29 is 4.79 Å². The minimum absolute atomic E-state index is 0.341. The van der Waals surface area contributed by atoms with Crippen molar-refractivity contribution in [1.82, 2.24) is 15.1 Å². The van der Waals surface area contributed by atoms with Gasteiger partial charge in [-0.05, 0) is 50.8 Å². The van der Waals surface area contributed by atoms with Crippen LogP contribution in [-0.4, -0.2) is 28.7 Å². The molecule has 0 radical (unpaired) electrons. The van der Waals surface area contributed by atoms with Crippen LogP contribution in [0, 0.1) is 5.92 Å². The number of nitrogens with one attached hydrogen (secondary N) is 1. The van der Waals surface area contributed by atoms with Crippen LogP contribution < -0.4 is 5.32 Å². The summed E-state index contributed by atoms with van der Waals surface area (Å²) in [5.41, 5.74) is 0.950. The summed E-state index contributed by atoms with van der Waals surface area (Å²) in [6, 6.07) is 2.59. The second kappa shape index (κ2) is 6.53. The first kappa shape index (κ1) is 13.8. The van der Waals surface area contributed by atoms with Crippen molar-refractivity contribution in [2.75, 3.05) is 13.1 Å². The summed E-state index contributed by atoms with van der Waals surface area (Å²) in [7, 11) is 0. The van der Waals surface area contributed by atoms with E-state index in [1.165, 1.54) is 32.1 Å². The van der Waals surface area contributed by atoms with Gasteiger partial charge < -0.3 is 5.32 Å². The molecule has 0 spiro atoms. The molecule has 1 aromatic rings. The molecule has 20 heavy (non-hydrogen) atoms. The Morgan fingerprint density at radius 2 is 2.20 bits per heavy atom. The third-order valence-electron chi connectivity index (χ3n) is 4.73. The smallest absolute Gasteiger partial charge is 0.138 e. The van der Waals surface area contributed by atoms with Crippen molar-refractivity contribution >= 4 is 5.78 Å². The van der Waals surface area contributed by atoms with Gasteiger partial charge in [-0.25, -0.2) is 0 Å². The summed E-state index contributed by atoms with van der Waals surface area (Å²) >= 11 is 0. The van der Waals surface area contributed by atoms with Crippen molar-refractivity contribution in [3.05, 3.63) is 18.0 Å². The van der Waals surface area contributed by atoms with Crippen molar-refractivity contribution in [2.45, 2.75) is 57.4 Å². The van der Waals surface area contributed by atoms with Gasteiger partial charge in [-0.15, -0.1) is 0 Å².